The Kier molecular flexibility index (Phi) is 7.77. The summed E-state index contributed by atoms with van der Waals surface area (Å²) in [5.74, 6) is -0.194. The standard InChI is InChI=1S/C23H27BrN6O3S/c1-18(31)25-21-7-9-22(10-8-21)34(32,33)30-15-13-28(14-16-30)11-2-12-29-17-23(26-27-29)19-3-5-20(24)6-4-19/h3-10,17H,2,11-16H2,1H3,(H,25,31). The lowest BCUT2D eigenvalue weighted by molar-refractivity contribution is -0.114. The number of sulfonamides is 1. The van der Waals surface area contributed by atoms with Crippen LogP contribution in [0.3, 0.4) is 0 Å². The van der Waals surface area contributed by atoms with Gasteiger partial charge < -0.3 is 10.2 Å². The number of nitrogens with one attached hydrogen (secondary N) is 1. The molecule has 4 rings (SSSR count). The van der Waals surface area contributed by atoms with E-state index in [1.807, 2.05) is 35.1 Å². The van der Waals surface area contributed by atoms with Crippen LogP contribution in [-0.2, 0) is 21.4 Å². The molecule has 11 heteroatoms. The van der Waals surface area contributed by atoms with Gasteiger partial charge in [-0.1, -0.05) is 33.3 Å². The van der Waals surface area contributed by atoms with Gasteiger partial charge in [0.05, 0.1) is 11.1 Å². The van der Waals surface area contributed by atoms with Crippen LogP contribution in [0.1, 0.15) is 13.3 Å². The van der Waals surface area contributed by atoms with Crippen LogP contribution in [0.25, 0.3) is 11.3 Å². The molecule has 0 aliphatic carbocycles. The molecular formula is C23H27BrN6O3S. The van der Waals surface area contributed by atoms with Crippen LogP contribution in [0.15, 0.2) is 64.1 Å². The normalized spacial score (nSPS) is 15.4. The van der Waals surface area contributed by atoms with Crippen LogP contribution in [-0.4, -0.2) is 71.2 Å². The van der Waals surface area contributed by atoms with E-state index in [2.05, 4.69) is 36.5 Å². The van der Waals surface area contributed by atoms with E-state index in [0.29, 0.717) is 31.9 Å². The van der Waals surface area contributed by atoms with Crippen molar-refractivity contribution in [3.63, 3.8) is 0 Å². The smallest absolute Gasteiger partial charge is 0.243 e. The van der Waals surface area contributed by atoms with E-state index in [-0.39, 0.29) is 10.8 Å². The van der Waals surface area contributed by atoms with Gasteiger partial charge in [-0.25, -0.2) is 8.42 Å². The fourth-order valence-electron chi connectivity index (χ4n) is 3.87. The van der Waals surface area contributed by atoms with E-state index < -0.39 is 10.0 Å². The van der Waals surface area contributed by atoms with Gasteiger partial charge in [-0.15, -0.1) is 5.10 Å². The number of hydrogen-bond donors (Lipinski definition) is 1. The molecule has 0 bridgehead atoms. The van der Waals surface area contributed by atoms with Crippen molar-refractivity contribution < 1.29 is 13.2 Å². The highest BCUT2D eigenvalue weighted by molar-refractivity contribution is 9.10. The molecule has 1 aromatic heterocycles. The predicted octanol–water partition coefficient (Wildman–Crippen LogP) is 3.06. The van der Waals surface area contributed by atoms with Crippen molar-refractivity contribution in [2.45, 2.75) is 24.8 Å². The van der Waals surface area contributed by atoms with Gasteiger partial charge in [-0.05, 0) is 42.8 Å². The van der Waals surface area contributed by atoms with Crippen LogP contribution >= 0.6 is 15.9 Å². The molecule has 0 unspecified atom stereocenters. The molecule has 3 aromatic rings. The molecule has 2 aromatic carbocycles. The maximum Gasteiger partial charge on any atom is 0.243 e. The largest absolute Gasteiger partial charge is 0.326 e. The predicted molar refractivity (Wildman–Crippen MR) is 134 cm³/mol. The average molecular weight is 547 g/mol. The first-order chi connectivity index (χ1) is 16.3. The maximum absolute atomic E-state index is 13.0. The molecule has 9 nitrogen and oxygen atoms in total. The van der Waals surface area contributed by atoms with E-state index in [4.69, 9.17) is 0 Å². The third-order valence-corrected chi connectivity index (χ3v) is 8.13. The Labute approximate surface area is 207 Å². The van der Waals surface area contributed by atoms with Gasteiger partial charge in [-0.2, -0.15) is 4.31 Å². The average Bonchev–Trinajstić information content (AvgIpc) is 3.29. The summed E-state index contributed by atoms with van der Waals surface area (Å²) in [6.07, 6.45) is 2.85. The number of anilines is 1. The molecule has 0 atom stereocenters. The fourth-order valence-corrected chi connectivity index (χ4v) is 5.56. The van der Waals surface area contributed by atoms with E-state index in [9.17, 15) is 13.2 Å². The van der Waals surface area contributed by atoms with Crippen LogP contribution in [0.5, 0.6) is 0 Å². The number of aromatic nitrogens is 3. The van der Waals surface area contributed by atoms with Crippen LogP contribution in [0.2, 0.25) is 0 Å². The van der Waals surface area contributed by atoms with Crippen molar-refractivity contribution in [3.05, 3.63) is 59.2 Å². The second kappa shape index (κ2) is 10.8. The van der Waals surface area contributed by atoms with Gasteiger partial charge in [0.25, 0.3) is 0 Å². The quantitative estimate of drug-likeness (QED) is 0.466. The minimum atomic E-state index is -3.55. The fraction of sp³-hybridized carbons (Fsp3) is 0.348. The van der Waals surface area contributed by atoms with Gasteiger partial charge in [0, 0.05) is 61.9 Å². The van der Waals surface area contributed by atoms with Gasteiger partial charge in [-0.3, -0.25) is 9.48 Å². The van der Waals surface area contributed by atoms with E-state index in [1.165, 1.54) is 23.4 Å². The minimum absolute atomic E-state index is 0.194. The summed E-state index contributed by atoms with van der Waals surface area (Å²) < 4.78 is 30.3. The Morgan fingerprint density at radius 2 is 1.68 bits per heavy atom. The molecule has 180 valence electrons. The Morgan fingerprint density at radius 3 is 2.32 bits per heavy atom. The lowest BCUT2D eigenvalue weighted by Crippen LogP contribution is -2.48. The van der Waals surface area contributed by atoms with Crippen molar-refractivity contribution in [2.75, 3.05) is 38.0 Å². The number of benzene rings is 2. The molecule has 1 fully saturated rings. The summed E-state index contributed by atoms with van der Waals surface area (Å²) in [6, 6.07) is 14.3. The maximum atomic E-state index is 13.0. The number of carbonyl (C=O) groups is 1. The summed E-state index contributed by atoms with van der Waals surface area (Å²) in [4.78, 5) is 13.7. The van der Waals surface area contributed by atoms with Crippen LogP contribution in [0, 0.1) is 0 Å². The van der Waals surface area contributed by atoms with E-state index in [0.717, 1.165) is 35.2 Å². The topological polar surface area (TPSA) is 100 Å². The second-order valence-electron chi connectivity index (χ2n) is 8.18. The van der Waals surface area contributed by atoms with Gasteiger partial charge >= 0.3 is 0 Å². The lowest BCUT2D eigenvalue weighted by atomic mass is 10.2. The van der Waals surface area contributed by atoms with Crippen molar-refractivity contribution in [2.24, 2.45) is 0 Å². The number of nitrogens with zero attached hydrogens (tertiary/aromatic N) is 5. The Hall–Kier alpha value is -2.60. The molecule has 1 N–H and O–H groups in total. The Morgan fingerprint density at radius 1 is 1.00 bits per heavy atom. The molecule has 0 spiro atoms. The summed E-state index contributed by atoms with van der Waals surface area (Å²) in [7, 11) is -3.55. The SMILES string of the molecule is CC(=O)Nc1ccc(S(=O)(=O)N2CCN(CCCn3cc(-c4ccc(Br)cc4)nn3)CC2)cc1. The highest BCUT2D eigenvalue weighted by Crippen LogP contribution is 2.21. The summed E-state index contributed by atoms with van der Waals surface area (Å²) in [5.41, 5.74) is 2.44. The summed E-state index contributed by atoms with van der Waals surface area (Å²) >= 11 is 3.44. The van der Waals surface area contributed by atoms with Crippen molar-refractivity contribution >= 4 is 37.5 Å². The molecular weight excluding hydrogens is 520 g/mol. The molecule has 2 heterocycles. The Balaban J connectivity index is 1.24. The number of hydrogen-bond acceptors (Lipinski definition) is 6. The zero-order valence-electron chi connectivity index (χ0n) is 18.9. The monoisotopic (exact) mass is 546 g/mol. The number of halogens is 1. The first-order valence-corrected chi connectivity index (χ1v) is 13.3. The number of carbonyl (C=O) groups excluding carboxylic acids is 1. The van der Waals surface area contributed by atoms with E-state index >= 15 is 0 Å². The first-order valence-electron chi connectivity index (χ1n) is 11.1. The molecule has 1 saturated heterocycles. The molecule has 34 heavy (non-hydrogen) atoms. The number of piperazine rings is 1. The molecule has 1 aliphatic rings. The summed E-state index contributed by atoms with van der Waals surface area (Å²) in [6.45, 7) is 5.31. The zero-order valence-corrected chi connectivity index (χ0v) is 21.3. The minimum Gasteiger partial charge on any atom is -0.326 e. The molecule has 1 amide bonds. The summed E-state index contributed by atoms with van der Waals surface area (Å²) in [5, 5.41) is 11.1. The van der Waals surface area contributed by atoms with Gasteiger partial charge in [0.2, 0.25) is 15.9 Å². The highest BCUT2D eigenvalue weighted by atomic mass is 79.9. The first kappa shape index (κ1) is 24.5. The van der Waals surface area contributed by atoms with Crippen molar-refractivity contribution in [1.82, 2.24) is 24.2 Å². The number of amides is 1. The van der Waals surface area contributed by atoms with Crippen molar-refractivity contribution in [3.8, 4) is 11.3 Å². The third kappa shape index (κ3) is 6.09. The van der Waals surface area contributed by atoms with Crippen molar-refractivity contribution in [1.29, 1.82) is 0 Å². The molecule has 1 aliphatic heterocycles. The van der Waals surface area contributed by atoms with Gasteiger partial charge in [0.1, 0.15) is 5.69 Å². The number of rotatable bonds is 8. The number of aryl methyl sites for hydroxylation is 1. The van der Waals surface area contributed by atoms with Crippen LogP contribution in [0.4, 0.5) is 5.69 Å². The molecule has 0 radical (unpaired) electrons. The zero-order chi connectivity index (χ0) is 24.1. The van der Waals surface area contributed by atoms with E-state index in [1.54, 1.807) is 12.1 Å². The van der Waals surface area contributed by atoms with Gasteiger partial charge in [0.15, 0.2) is 0 Å². The van der Waals surface area contributed by atoms with Crippen LogP contribution < -0.4 is 5.32 Å². The Bertz CT molecular complexity index is 1220. The highest BCUT2D eigenvalue weighted by Gasteiger charge is 2.28. The second-order valence-corrected chi connectivity index (χ2v) is 11.0. The molecule has 0 saturated carbocycles. The lowest BCUT2D eigenvalue weighted by Gasteiger charge is -2.34. The third-order valence-electron chi connectivity index (χ3n) is 5.68.